The van der Waals surface area contributed by atoms with Gasteiger partial charge in [0.1, 0.15) is 0 Å². The summed E-state index contributed by atoms with van der Waals surface area (Å²) in [6.45, 7) is 1.96. The number of hydrogen-bond acceptors (Lipinski definition) is 4. The van der Waals surface area contributed by atoms with Gasteiger partial charge in [-0.15, -0.1) is 0 Å². The second-order valence-electron chi connectivity index (χ2n) is 3.92. The summed E-state index contributed by atoms with van der Waals surface area (Å²) >= 11 is 0. The van der Waals surface area contributed by atoms with Crippen LogP contribution in [0.5, 0.6) is 0 Å². The lowest BCUT2D eigenvalue weighted by molar-refractivity contribution is 0.423. The maximum Gasteiger partial charge on any atom is 0.257 e. The van der Waals surface area contributed by atoms with Gasteiger partial charge in [0.05, 0.1) is 5.69 Å². The van der Waals surface area contributed by atoms with Crippen LogP contribution in [0, 0.1) is 0 Å². The molecule has 0 aliphatic heterocycles. The van der Waals surface area contributed by atoms with Crippen molar-refractivity contribution in [2.45, 2.75) is 13.3 Å². The van der Waals surface area contributed by atoms with Crippen molar-refractivity contribution in [1.82, 2.24) is 10.1 Å². The molecule has 0 radical (unpaired) electrons. The largest absolute Gasteiger partial charge is 0.370 e. The second kappa shape index (κ2) is 5.83. The normalized spacial score (nSPS) is 11.3. The van der Waals surface area contributed by atoms with Gasteiger partial charge in [0.25, 0.3) is 5.89 Å². The lowest BCUT2D eigenvalue weighted by Gasteiger charge is -1.97. The summed E-state index contributed by atoms with van der Waals surface area (Å²) < 4.78 is 5.14. The Balaban J connectivity index is 2.20. The van der Waals surface area contributed by atoms with Gasteiger partial charge in [-0.3, -0.25) is 0 Å². The maximum atomic E-state index is 5.54. The molecule has 0 spiro atoms. The monoisotopic (exact) mass is 273 g/mol. The Bertz CT molecular complexity index is 638. The topological polar surface area (TPSA) is 142 Å². The van der Waals surface area contributed by atoms with Crippen LogP contribution in [0.4, 0.5) is 5.69 Å². The number of hydrogen-bond donors (Lipinski definition) is 3. The highest BCUT2D eigenvalue weighted by atomic mass is 16.5. The highest BCUT2D eigenvalue weighted by Gasteiger charge is 2.07. The van der Waals surface area contributed by atoms with E-state index in [0.29, 0.717) is 17.4 Å². The smallest absolute Gasteiger partial charge is 0.257 e. The lowest BCUT2D eigenvalue weighted by atomic mass is 10.2. The van der Waals surface area contributed by atoms with Crippen LogP contribution in [-0.2, 0) is 6.42 Å². The Morgan fingerprint density at radius 1 is 1.20 bits per heavy atom. The van der Waals surface area contributed by atoms with Crippen molar-refractivity contribution in [3.8, 4) is 11.5 Å². The number of nitrogens with zero attached hydrogens (tertiary/aromatic N) is 4. The highest BCUT2D eigenvalue weighted by Crippen LogP contribution is 2.21. The first kappa shape index (κ1) is 13.5. The van der Waals surface area contributed by atoms with Gasteiger partial charge in [0, 0.05) is 12.0 Å². The molecule has 0 saturated carbocycles. The van der Waals surface area contributed by atoms with E-state index in [9.17, 15) is 0 Å². The molecule has 8 heteroatoms. The van der Waals surface area contributed by atoms with Crippen molar-refractivity contribution in [2.24, 2.45) is 27.2 Å². The molecule has 0 atom stereocenters. The Labute approximate surface area is 115 Å². The quantitative estimate of drug-likeness (QED) is 0.549. The molecule has 104 valence electrons. The molecular weight excluding hydrogens is 258 g/mol. The van der Waals surface area contributed by atoms with E-state index >= 15 is 0 Å². The van der Waals surface area contributed by atoms with Crippen molar-refractivity contribution in [3.05, 3.63) is 30.1 Å². The number of guanidine groups is 2. The van der Waals surface area contributed by atoms with E-state index in [1.807, 2.05) is 6.92 Å². The van der Waals surface area contributed by atoms with Crippen LogP contribution in [0.3, 0.4) is 0 Å². The van der Waals surface area contributed by atoms with Gasteiger partial charge in [-0.1, -0.05) is 12.1 Å². The molecule has 2 aromatic rings. The molecule has 0 amide bonds. The third-order valence-corrected chi connectivity index (χ3v) is 2.39. The minimum Gasteiger partial charge on any atom is -0.370 e. The molecule has 0 saturated heterocycles. The zero-order valence-corrected chi connectivity index (χ0v) is 10.9. The minimum absolute atomic E-state index is 0.0104. The van der Waals surface area contributed by atoms with Crippen LogP contribution in [0.2, 0.25) is 0 Å². The molecule has 1 aromatic heterocycles. The van der Waals surface area contributed by atoms with Gasteiger partial charge in [-0.25, -0.2) is 4.99 Å². The Morgan fingerprint density at radius 2 is 1.90 bits per heavy atom. The third-order valence-electron chi connectivity index (χ3n) is 2.39. The fraction of sp³-hybridized carbons (Fsp3) is 0.167. The van der Waals surface area contributed by atoms with Gasteiger partial charge in [-0.2, -0.15) is 9.98 Å². The average Bonchev–Trinajstić information content (AvgIpc) is 2.87. The van der Waals surface area contributed by atoms with E-state index in [0.717, 1.165) is 12.0 Å². The van der Waals surface area contributed by atoms with Crippen LogP contribution < -0.4 is 17.2 Å². The molecule has 1 aromatic carbocycles. The summed E-state index contributed by atoms with van der Waals surface area (Å²) in [6, 6.07) is 7.10. The molecule has 0 fully saturated rings. The molecule has 1 heterocycles. The predicted octanol–water partition coefficient (Wildman–Crippen LogP) is 0.519. The van der Waals surface area contributed by atoms with Crippen molar-refractivity contribution < 1.29 is 4.52 Å². The number of aliphatic imine (C=N–C) groups is 2. The van der Waals surface area contributed by atoms with Crippen LogP contribution in [0.25, 0.3) is 11.5 Å². The molecule has 8 nitrogen and oxygen atoms in total. The summed E-state index contributed by atoms with van der Waals surface area (Å²) in [7, 11) is 0. The SMILES string of the molecule is CCc1noc(-c2ccc(N=C(N)N=C(N)N)cc2)n1. The fourth-order valence-electron chi connectivity index (χ4n) is 1.48. The first-order valence-corrected chi connectivity index (χ1v) is 5.95. The molecule has 6 N–H and O–H groups in total. The first-order chi connectivity index (χ1) is 9.58. The lowest BCUT2D eigenvalue weighted by Crippen LogP contribution is -2.26. The predicted molar refractivity (Wildman–Crippen MR) is 76.2 cm³/mol. The minimum atomic E-state index is -0.138. The molecule has 2 rings (SSSR count). The van der Waals surface area contributed by atoms with E-state index in [-0.39, 0.29) is 11.9 Å². The van der Waals surface area contributed by atoms with Crippen molar-refractivity contribution >= 4 is 17.6 Å². The van der Waals surface area contributed by atoms with Crippen LogP contribution in [0.15, 0.2) is 38.8 Å². The fourth-order valence-corrected chi connectivity index (χ4v) is 1.48. The van der Waals surface area contributed by atoms with E-state index in [1.54, 1.807) is 24.3 Å². The summed E-state index contributed by atoms with van der Waals surface area (Å²) in [6.07, 6.45) is 0.723. The van der Waals surface area contributed by atoms with E-state index < -0.39 is 0 Å². The average molecular weight is 273 g/mol. The molecule has 0 aliphatic carbocycles. The third kappa shape index (κ3) is 3.31. The molecular formula is C12H15N7O. The van der Waals surface area contributed by atoms with Gasteiger partial charge in [0.2, 0.25) is 5.96 Å². The number of aromatic nitrogens is 2. The summed E-state index contributed by atoms with van der Waals surface area (Å²) in [5, 5.41) is 3.84. The van der Waals surface area contributed by atoms with Gasteiger partial charge >= 0.3 is 0 Å². The van der Waals surface area contributed by atoms with Crippen LogP contribution in [-0.4, -0.2) is 22.1 Å². The van der Waals surface area contributed by atoms with Gasteiger partial charge < -0.3 is 21.7 Å². The van der Waals surface area contributed by atoms with Crippen LogP contribution >= 0.6 is 0 Å². The summed E-state index contributed by atoms with van der Waals surface area (Å²) in [5.74, 6) is 0.985. The van der Waals surface area contributed by atoms with Gasteiger partial charge in [-0.05, 0) is 24.3 Å². The van der Waals surface area contributed by atoms with Crippen molar-refractivity contribution in [2.75, 3.05) is 0 Å². The van der Waals surface area contributed by atoms with Gasteiger partial charge in [0.15, 0.2) is 11.8 Å². The Hall–Kier alpha value is -2.90. The highest BCUT2D eigenvalue weighted by molar-refractivity contribution is 5.93. The van der Waals surface area contributed by atoms with Crippen molar-refractivity contribution in [1.29, 1.82) is 0 Å². The zero-order chi connectivity index (χ0) is 14.5. The van der Waals surface area contributed by atoms with E-state index in [2.05, 4.69) is 20.1 Å². The Kier molecular flexibility index (Phi) is 3.94. The number of benzene rings is 1. The Morgan fingerprint density at radius 3 is 2.45 bits per heavy atom. The number of aryl methyl sites for hydroxylation is 1. The second-order valence-corrected chi connectivity index (χ2v) is 3.92. The molecule has 0 aliphatic rings. The zero-order valence-electron chi connectivity index (χ0n) is 10.9. The summed E-state index contributed by atoms with van der Waals surface area (Å²) in [4.78, 5) is 11.9. The van der Waals surface area contributed by atoms with Crippen molar-refractivity contribution in [3.63, 3.8) is 0 Å². The molecule has 0 bridgehead atoms. The first-order valence-electron chi connectivity index (χ1n) is 5.95. The molecule has 0 unspecified atom stereocenters. The number of rotatable bonds is 3. The summed E-state index contributed by atoms with van der Waals surface area (Å²) in [5.41, 5.74) is 17.4. The number of nitrogens with two attached hydrogens (primary N) is 3. The standard InChI is InChI=1S/C12H15N7O/c1-2-9-17-10(20-19-9)7-3-5-8(6-4-7)16-12(15)18-11(13)14/h3-6H,2H2,1H3,(H6,13,14,15,16,18). The molecule has 20 heavy (non-hydrogen) atoms. The van der Waals surface area contributed by atoms with E-state index in [1.165, 1.54) is 0 Å². The van der Waals surface area contributed by atoms with E-state index in [4.69, 9.17) is 21.7 Å². The maximum absolute atomic E-state index is 5.54. The van der Waals surface area contributed by atoms with Crippen LogP contribution in [0.1, 0.15) is 12.7 Å².